The predicted molar refractivity (Wildman–Crippen MR) is 130 cm³/mol. The molecule has 2 rings (SSSR count). The summed E-state index contributed by atoms with van der Waals surface area (Å²) in [6.45, 7) is 10.8. The number of nitrogens with one attached hydrogen (secondary N) is 2. The fraction of sp³-hybridized carbons (Fsp3) is 0.440. The van der Waals surface area contributed by atoms with Crippen molar-refractivity contribution in [3.05, 3.63) is 65.7 Å². The number of alkyl carbamates (subject to hydrolysis) is 1. The van der Waals surface area contributed by atoms with E-state index in [1.807, 2.05) is 54.6 Å². The lowest BCUT2D eigenvalue weighted by Crippen LogP contribution is -2.33. The molecule has 0 saturated carbocycles. The topological polar surface area (TPSA) is 76.7 Å². The molecule has 1 atom stereocenters. The molecule has 0 aliphatic rings. The van der Waals surface area contributed by atoms with Crippen molar-refractivity contribution in [3.8, 4) is 0 Å². The van der Waals surface area contributed by atoms with Gasteiger partial charge in [0, 0.05) is 11.3 Å². The van der Waals surface area contributed by atoms with Gasteiger partial charge in [-0.05, 0) is 43.0 Å². The first-order valence-electron chi connectivity index (χ1n) is 10.9. The number of ether oxygens (including phenoxy) is 1. The minimum Gasteiger partial charge on any atom is -0.445 e. The Kier molecular flexibility index (Phi) is 9.93. The fourth-order valence-electron chi connectivity index (χ4n) is 3.14. The number of para-hydroxylation sites is 1. The van der Waals surface area contributed by atoms with Crippen LogP contribution >= 0.6 is 0 Å². The first-order valence-corrected chi connectivity index (χ1v) is 13.3. The van der Waals surface area contributed by atoms with E-state index in [-0.39, 0.29) is 30.6 Å². The van der Waals surface area contributed by atoms with Crippen molar-refractivity contribution in [1.29, 1.82) is 0 Å². The van der Waals surface area contributed by atoms with Gasteiger partial charge in [0.2, 0.25) is 14.9 Å². The lowest BCUT2D eigenvalue weighted by molar-refractivity contribution is -0.115. The molecule has 6 nitrogen and oxygen atoms in total. The van der Waals surface area contributed by atoms with Gasteiger partial charge in [0.15, 0.2) is 0 Å². The number of benzene rings is 2. The Labute approximate surface area is 193 Å². The molecule has 0 spiro atoms. The molecule has 0 aromatic heterocycles. The third-order valence-electron chi connectivity index (χ3n) is 4.72. The zero-order chi connectivity index (χ0) is 23.6. The summed E-state index contributed by atoms with van der Waals surface area (Å²) in [5.41, 5.74) is 2.75. The molecule has 1 unspecified atom stereocenters. The number of anilines is 1. The van der Waals surface area contributed by atoms with Gasteiger partial charge in [0.05, 0.1) is 6.10 Å². The second-order valence-corrected chi connectivity index (χ2v) is 11.2. The normalized spacial score (nSPS) is 12.3. The van der Waals surface area contributed by atoms with E-state index in [0.29, 0.717) is 5.69 Å². The summed E-state index contributed by atoms with van der Waals surface area (Å²) in [5, 5.41) is 5.41. The molecule has 7 heteroatoms. The van der Waals surface area contributed by atoms with Crippen LogP contribution in [0, 0.1) is 5.41 Å². The third-order valence-corrected chi connectivity index (χ3v) is 5.48. The minimum absolute atomic E-state index is 0.0848. The first kappa shape index (κ1) is 25.6. The van der Waals surface area contributed by atoms with Crippen molar-refractivity contribution in [1.82, 2.24) is 5.32 Å². The van der Waals surface area contributed by atoms with Crippen LogP contribution in [0.2, 0.25) is 13.1 Å². The molecule has 2 N–H and O–H groups in total. The Morgan fingerprint density at radius 2 is 1.66 bits per heavy atom. The molecule has 0 heterocycles. The highest BCUT2D eigenvalue weighted by molar-refractivity contribution is 6.48. The second kappa shape index (κ2) is 12.4. The van der Waals surface area contributed by atoms with Crippen molar-refractivity contribution < 1.29 is 18.8 Å². The average Bonchev–Trinajstić information content (AvgIpc) is 2.74. The van der Waals surface area contributed by atoms with Crippen molar-refractivity contribution in [2.24, 2.45) is 5.41 Å². The molecule has 2 amide bonds. The van der Waals surface area contributed by atoms with Gasteiger partial charge < -0.3 is 19.8 Å². The Bertz CT molecular complexity index is 866. The lowest BCUT2D eigenvalue weighted by Gasteiger charge is -2.27. The van der Waals surface area contributed by atoms with E-state index < -0.39 is 15.1 Å². The maximum Gasteiger partial charge on any atom is 0.407 e. The summed E-state index contributed by atoms with van der Waals surface area (Å²) in [7, 11) is -0.928. The van der Waals surface area contributed by atoms with Crippen LogP contribution in [0.15, 0.2) is 54.6 Å². The standard InChI is InChI=1S/C25H35N2O4Si/c1-25(2,3)16-15-22(31-32(4)5)20-13-9-10-14-21(20)27-23(28)17-26-24(29)30-18-19-11-7-6-8-12-19/h6-14,22H,15-18H2,1-5H3,(H,26,29)(H,27,28). The van der Waals surface area contributed by atoms with Gasteiger partial charge in [-0.15, -0.1) is 0 Å². The Hall–Kier alpha value is -2.64. The molecule has 173 valence electrons. The van der Waals surface area contributed by atoms with Crippen molar-refractivity contribution in [3.63, 3.8) is 0 Å². The largest absolute Gasteiger partial charge is 0.445 e. The molecule has 0 bridgehead atoms. The molecule has 0 fully saturated rings. The Morgan fingerprint density at radius 1 is 1.00 bits per heavy atom. The Balaban J connectivity index is 1.94. The van der Waals surface area contributed by atoms with Gasteiger partial charge in [0.25, 0.3) is 0 Å². The monoisotopic (exact) mass is 455 g/mol. The lowest BCUT2D eigenvalue weighted by atomic mass is 9.88. The molecule has 0 saturated heterocycles. The predicted octanol–water partition coefficient (Wildman–Crippen LogP) is 5.69. The van der Waals surface area contributed by atoms with E-state index in [9.17, 15) is 9.59 Å². The van der Waals surface area contributed by atoms with Gasteiger partial charge >= 0.3 is 6.09 Å². The zero-order valence-electron chi connectivity index (χ0n) is 19.7. The number of hydrogen-bond donors (Lipinski definition) is 2. The van der Waals surface area contributed by atoms with Crippen molar-refractivity contribution >= 4 is 26.7 Å². The van der Waals surface area contributed by atoms with Crippen LogP contribution in [0.25, 0.3) is 0 Å². The van der Waals surface area contributed by atoms with E-state index in [4.69, 9.17) is 9.16 Å². The maximum atomic E-state index is 12.5. The summed E-state index contributed by atoms with van der Waals surface area (Å²) in [5.74, 6) is -0.317. The van der Waals surface area contributed by atoms with Crippen molar-refractivity contribution in [2.45, 2.75) is 59.4 Å². The van der Waals surface area contributed by atoms with E-state index >= 15 is 0 Å². The minimum atomic E-state index is -0.928. The molecule has 2 aromatic carbocycles. The van der Waals surface area contributed by atoms with E-state index in [1.165, 1.54) is 0 Å². The van der Waals surface area contributed by atoms with Gasteiger partial charge in [-0.3, -0.25) is 4.79 Å². The summed E-state index contributed by atoms with van der Waals surface area (Å²) in [6, 6.07) is 17.1. The molecular formula is C25H35N2O4Si. The van der Waals surface area contributed by atoms with Gasteiger partial charge in [-0.25, -0.2) is 4.79 Å². The summed E-state index contributed by atoms with van der Waals surface area (Å²) in [4.78, 5) is 24.4. The quantitative estimate of drug-likeness (QED) is 0.452. The van der Waals surface area contributed by atoms with Crippen LogP contribution < -0.4 is 10.6 Å². The third kappa shape index (κ3) is 9.66. The summed E-state index contributed by atoms with van der Waals surface area (Å²) >= 11 is 0. The van der Waals surface area contributed by atoms with E-state index in [1.54, 1.807) is 0 Å². The fourth-order valence-corrected chi connectivity index (χ4v) is 3.95. The number of carbonyl (C=O) groups excluding carboxylic acids is 2. The van der Waals surface area contributed by atoms with Crippen LogP contribution in [-0.2, 0) is 20.6 Å². The number of hydrogen-bond acceptors (Lipinski definition) is 4. The molecule has 32 heavy (non-hydrogen) atoms. The van der Waals surface area contributed by atoms with E-state index in [0.717, 1.165) is 24.0 Å². The molecular weight excluding hydrogens is 420 g/mol. The van der Waals surface area contributed by atoms with E-state index in [2.05, 4.69) is 44.5 Å². The van der Waals surface area contributed by atoms with Gasteiger partial charge in [-0.2, -0.15) is 0 Å². The second-order valence-electron chi connectivity index (χ2n) is 9.16. The van der Waals surface area contributed by atoms with Crippen molar-refractivity contribution in [2.75, 3.05) is 11.9 Å². The molecule has 0 aliphatic heterocycles. The summed E-state index contributed by atoms with van der Waals surface area (Å²) < 4.78 is 11.4. The van der Waals surface area contributed by atoms with Gasteiger partial charge in [0.1, 0.15) is 13.2 Å². The van der Waals surface area contributed by atoms with Crippen LogP contribution in [0.5, 0.6) is 0 Å². The van der Waals surface area contributed by atoms with Crippen LogP contribution in [0.3, 0.4) is 0 Å². The highest BCUT2D eigenvalue weighted by Crippen LogP contribution is 2.33. The Morgan fingerprint density at radius 3 is 2.31 bits per heavy atom. The van der Waals surface area contributed by atoms with Crippen LogP contribution in [-0.4, -0.2) is 27.6 Å². The smallest absolute Gasteiger partial charge is 0.407 e. The SMILES string of the molecule is C[Si](C)OC(CCC(C)(C)C)c1ccccc1NC(=O)CNC(=O)OCc1ccccc1. The number of carbonyl (C=O) groups is 2. The van der Waals surface area contributed by atoms with Crippen LogP contribution in [0.1, 0.15) is 50.8 Å². The first-order chi connectivity index (χ1) is 15.1. The van der Waals surface area contributed by atoms with Crippen LogP contribution in [0.4, 0.5) is 10.5 Å². The highest BCUT2D eigenvalue weighted by Gasteiger charge is 2.22. The summed E-state index contributed by atoms with van der Waals surface area (Å²) in [6.07, 6.45) is 1.16. The number of amides is 2. The van der Waals surface area contributed by atoms with Gasteiger partial charge in [-0.1, -0.05) is 69.3 Å². The average molecular weight is 456 g/mol. The molecule has 1 radical (unpaired) electrons. The molecule has 0 aliphatic carbocycles. The zero-order valence-corrected chi connectivity index (χ0v) is 20.7. The highest BCUT2D eigenvalue weighted by atomic mass is 28.3. The maximum absolute atomic E-state index is 12.5. The molecule has 2 aromatic rings. The number of rotatable bonds is 10.